The number of hydrogen-bond acceptors (Lipinski definition) is 3. The van der Waals surface area contributed by atoms with E-state index in [-0.39, 0.29) is 5.91 Å². The fourth-order valence-corrected chi connectivity index (χ4v) is 2.18. The van der Waals surface area contributed by atoms with Crippen LogP contribution in [0.15, 0.2) is 29.3 Å². The molecule has 1 aliphatic heterocycles. The van der Waals surface area contributed by atoms with Gasteiger partial charge in [0.2, 0.25) is 5.91 Å². The third-order valence-electron chi connectivity index (χ3n) is 2.81. The number of aliphatic imine (C=N–C) groups is 1. The van der Waals surface area contributed by atoms with Crippen molar-refractivity contribution >= 4 is 23.5 Å². The van der Waals surface area contributed by atoms with Gasteiger partial charge in [0.15, 0.2) is 0 Å². The van der Waals surface area contributed by atoms with Crippen molar-refractivity contribution in [3.05, 3.63) is 24.3 Å². The van der Waals surface area contributed by atoms with Gasteiger partial charge in [0.1, 0.15) is 0 Å². The molecule has 1 aliphatic rings. The fourth-order valence-electron chi connectivity index (χ4n) is 2.18. The zero-order valence-corrected chi connectivity index (χ0v) is 11.1. The fraction of sp³-hybridized carbons (Fsp3) is 0.429. The zero-order chi connectivity index (χ0) is 13.1. The first-order chi connectivity index (χ1) is 8.59. The first kappa shape index (κ1) is 12.8. The first-order valence-electron chi connectivity index (χ1n) is 6.25. The van der Waals surface area contributed by atoms with Gasteiger partial charge in [-0.1, -0.05) is 26.0 Å². The Morgan fingerprint density at radius 2 is 2.11 bits per heavy atom. The number of hydrazine groups is 1. The van der Waals surface area contributed by atoms with Crippen LogP contribution < -0.4 is 5.01 Å². The highest BCUT2D eigenvalue weighted by molar-refractivity contribution is 6.04. The van der Waals surface area contributed by atoms with Gasteiger partial charge in [-0.3, -0.25) is 9.79 Å². The molecule has 0 N–H and O–H groups in total. The van der Waals surface area contributed by atoms with Crippen LogP contribution in [0, 0.1) is 5.92 Å². The van der Waals surface area contributed by atoms with Gasteiger partial charge < -0.3 is 0 Å². The standard InChI is InChI=1S/C14H19N3O/c1-11(2)10-16(3)17-13-7-5-4-6-12(13)15-9-8-14(17)18/h4-7,9,11H,8,10H2,1-3H3. The Morgan fingerprint density at radius 1 is 1.39 bits per heavy atom. The van der Waals surface area contributed by atoms with Crippen LogP contribution in [0.4, 0.5) is 11.4 Å². The van der Waals surface area contributed by atoms with Gasteiger partial charge in [0.25, 0.3) is 0 Å². The molecule has 1 amide bonds. The summed E-state index contributed by atoms with van der Waals surface area (Å²) in [7, 11) is 1.94. The Labute approximate surface area is 108 Å². The van der Waals surface area contributed by atoms with Crippen LogP contribution >= 0.6 is 0 Å². The van der Waals surface area contributed by atoms with Crippen molar-refractivity contribution in [3.63, 3.8) is 0 Å². The number of amides is 1. The molecule has 0 unspecified atom stereocenters. The number of carbonyl (C=O) groups excluding carboxylic acids is 1. The number of carbonyl (C=O) groups is 1. The van der Waals surface area contributed by atoms with E-state index in [0.29, 0.717) is 12.3 Å². The van der Waals surface area contributed by atoms with Crippen LogP contribution in [0.3, 0.4) is 0 Å². The molecule has 0 bridgehead atoms. The van der Waals surface area contributed by atoms with E-state index in [0.717, 1.165) is 17.9 Å². The van der Waals surface area contributed by atoms with E-state index in [1.54, 1.807) is 11.2 Å². The molecule has 0 spiro atoms. The lowest BCUT2D eigenvalue weighted by Crippen LogP contribution is -2.45. The maximum Gasteiger partial charge on any atom is 0.247 e. The van der Waals surface area contributed by atoms with Gasteiger partial charge in [-0.05, 0) is 18.1 Å². The predicted molar refractivity (Wildman–Crippen MR) is 74.2 cm³/mol. The summed E-state index contributed by atoms with van der Waals surface area (Å²) in [6.45, 7) is 5.11. The smallest absolute Gasteiger partial charge is 0.247 e. The second-order valence-corrected chi connectivity index (χ2v) is 4.94. The van der Waals surface area contributed by atoms with Crippen LogP contribution in [0.2, 0.25) is 0 Å². The molecule has 2 rings (SSSR count). The van der Waals surface area contributed by atoms with Crippen molar-refractivity contribution in [1.82, 2.24) is 5.01 Å². The summed E-state index contributed by atoms with van der Waals surface area (Å²) in [5.41, 5.74) is 1.71. The molecule has 4 nitrogen and oxygen atoms in total. The zero-order valence-electron chi connectivity index (χ0n) is 11.1. The van der Waals surface area contributed by atoms with Crippen LogP contribution in [0.5, 0.6) is 0 Å². The van der Waals surface area contributed by atoms with Crippen molar-refractivity contribution in [2.45, 2.75) is 20.3 Å². The molecule has 0 aliphatic carbocycles. The summed E-state index contributed by atoms with van der Waals surface area (Å²) < 4.78 is 0. The SMILES string of the molecule is CC(C)CN(C)N1C(=O)CC=Nc2ccccc21. The second-order valence-electron chi connectivity index (χ2n) is 4.94. The first-order valence-corrected chi connectivity index (χ1v) is 6.25. The van der Waals surface area contributed by atoms with E-state index in [2.05, 4.69) is 18.8 Å². The van der Waals surface area contributed by atoms with Gasteiger partial charge in [0.05, 0.1) is 17.8 Å². The van der Waals surface area contributed by atoms with Crippen LogP contribution in [0.1, 0.15) is 20.3 Å². The molecule has 0 radical (unpaired) electrons. The maximum absolute atomic E-state index is 12.2. The van der Waals surface area contributed by atoms with E-state index in [1.807, 2.05) is 36.3 Å². The molecule has 0 atom stereocenters. The van der Waals surface area contributed by atoms with Crippen molar-refractivity contribution in [2.24, 2.45) is 10.9 Å². The van der Waals surface area contributed by atoms with E-state index >= 15 is 0 Å². The Bertz CT molecular complexity index is 468. The lowest BCUT2D eigenvalue weighted by Gasteiger charge is -2.32. The Balaban J connectivity index is 2.36. The van der Waals surface area contributed by atoms with Crippen molar-refractivity contribution < 1.29 is 4.79 Å². The van der Waals surface area contributed by atoms with Crippen LogP contribution in [-0.4, -0.2) is 30.7 Å². The van der Waals surface area contributed by atoms with Crippen molar-refractivity contribution in [3.8, 4) is 0 Å². The maximum atomic E-state index is 12.2. The molecule has 0 saturated heterocycles. The van der Waals surface area contributed by atoms with Crippen LogP contribution in [-0.2, 0) is 4.79 Å². The van der Waals surface area contributed by atoms with Crippen LogP contribution in [0.25, 0.3) is 0 Å². The number of para-hydroxylation sites is 2. The van der Waals surface area contributed by atoms with Gasteiger partial charge in [-0.2, -0.15) is 0 Å². The second kappa shape index (κ2) is 5.31. The van der Waals surface area contributed by atoms with E-state index in [9.17, 15) is 4.79 Å². The average Bonchev–Trinajstić information content (AvgIpc) is 2.46. The number of anilines is 1. The van der Waals surface area contributed by atoms with E-state index in [4.69, 9.17) is 0 Å². The lowest BCUT2D eigenvalue weighted by atomic mass is 10.2. The molecule has 1 aromatic carbocycles. The third-order valence-corrected chi connectivity index (χ3v) is 2.81. The Morgan fingerprint density at radius 3 is 2.83 bits per heavy atom. The summed E-state index contributed by atoms with van der Waals surface area (Å²) >= 11 is 0. The molecule has 96 valence electrons. The molecular formula is C14H19N3O. The molecule has 0 fully saturated rings. The number of rotatable bonds is 3. The number of fused-ring (bicyclic) bond motifs is 1. The van der Waals surface area contributed by atoms with Gasteiger partial charge in [0, 0.05) is 19.8 Å². The molecule has 18 heavy (non-hydrogen) atoms. The Hall–Kier alpha value is -1.68. The highest BCUT2D eigenvalue weighted by Crippen LogP contribution is 2.31. The summed E-state index contributed by atoms with van der Waals surface area (Å²) in [4.78, 5) is 16.5. The summed E-state index contributed by atoms with van der Waals surface area (Å²) in [6, 6.07) is 7.74. The monoisotopic (exact) mass is 245 g/mol. The van der Waals surface area contributed by atoms with Gasteiger partial charge in [-0.25, -0.2) is 10.0 Å². The topological polar surface area (TPSA) is 35.9 Å². The van der Waals surface area contributed by atoms with E-state index < -0.39 is 0 Å². The number of nitrogens with zero attached hydrogens (tertiary/aromatic N) is 3. The number of hydrogen-bond donors (Lipinski definition) is 0. The highest BCUT2D eigenvalue weighted by Gasteiger charge is 2.24. The minimum absolute atomic E-state index is 0.0619. The summed E-state index contributed by atoms with van der Waals surface area (Å²) in [5, 5.41) is 3.71. The molecule has 1 aromatic rings. The molecule has 1 heterocycles. The molecular weight excluding hydrogens is 226 g/mol. The van der Waals surface area contributed by atoms with Gasteiger partial charge >= 0.3 is 0 Å². The largest absolute Gasteiger partial charge is 0.273 e. The molecule has 4 heteroatoms. The van der Waals surface area contributed by atoms with Gasteiger partial charge in [-0.15, -0.1) is 0 Å². The summed E-state index contributed by atoms with van der Waals surface area (Å²) in [6.07, 6.45) is 2.03. The van der Waals surface area contributed by atoms with Crippen molar-refractivity contribution in [1.29, 1.82) is 0 Å². The quantitative estimate of drug-likeness (QED) is 0.820. The minimum atomic E-state index is 0.0619. The summed E-state index contributed by atoms with van der Waals surface area (Å²) in [5.74, 6) is 0.561. The lowest BCUT2D eigenvalue weighted by molar-refractivity contribution is -0.120. The normalized spacial score (nSPS) is 15.2. The minimum Gasteiger partial charge on any atom is -0.273 e. The Kier molecular flexibility index (Phi) is 3.77. The third kappa shape index (κ3) is 2.59. The number of benzene rings is 1. The average molecular weight is 245 g/mol. The predicted octanol–water partition coefficient (Wildman–Crippen LogP) is 2.63. The van der Waals surface area contributed by atoms with Crippen molar-refractivity contribution in [2.75, 3.05) is 18.6 Å². The molecule has 0 aromatic heterocycles. The van der Waals surface area contributed by atoms with E-state index in [1.165, 1.54) is 0 Å². The highest BCUT2D eigenvalue weighted by atomic mass is 16.2. The molecule has 0 saturated carbocycles.